The van der Waals surface area contributed by atoms with Crippen molar-refractivity contribution in [1.82, 2.24) is 9.55 Å². The average molecular weight is 265 g/mol. The van der Waals surface area contributed by atoms with E-state index in [1.807, 2.05) is 0 Å². The first-order valence-electron chi connectivity index (χ1n) is 4.77. The van der Waals surface area contributed by atoms with E-state index in [9.17, 15) is 13.2 Å². The molecule has 0 amide bonds. The highest BCUT2D eigenvalue weighted by Crippen LogP contribution is 2.01. The Morgan fingerprint density at radius 1 is 1.50 bits per heavy atom. The zero-order valence-corrected chi connectivity index (χ0v) is 10.6. The zero-order valence-electron chi connectivity index (χ0n) is 9.05. The van der Waals surface area contributed by atoms with Gasteiger partial charge in [0, 0.05) is 18.9 Å². The maximum absolute atomic E-state index is 11.5. The third-order valence-electron chi connectivity index (χ3n) is 2.21. The SMILES string of the molecule is CC(C)S(=O)(=O)CCn1ccnc(Cl)c1=O. The van der Waals surface area contributed by atoms with Gasteiger partial charge in [-0.05, 0) is 13.8 Å². The first kappa shape index (κ1) is 13.2. The third kappa shape index (κ3) is 3.05. The topological polar surface area (TPSA) is 69.0 Å². The molecule has 0 saturated carbocycles. The molecule has 5 nitrogen and oxygen atoms in total. The normalized spacial score (nSPS) is 12.0. The Hall–Kier alpha value is -0.880. The van der Waals surface area contributed by atoms with E-state index in [1.165, 1.54) is 17.0 Å². The second kappa shape index (κ2) is 4.97. The molecular weight excluding hydrogens is 252 g/mol. The molecule has 7 heteroatoms. The van der Waals surface area contributed by atoms with Gasteiger partial charge in [-0.15, -0.1) is 0 Å². The van der Waals surface area contributed by atoms with E-state index in [2.05, 4.69) is 4.98 Å². The molecule has 90 valence electrons. The summed E-state index contributed by atoms with van der Waals surface area (Å²) in [7, 11) is -3.15. The van der Waals surface area contributed by atoms with Gasteiger partial charge in [-0.3, -0.25) is 4.79 Å². The Kier molecular flexibility index (Phi) is 4.09. The summed E-state index contributed by atoms with van der Waals surface area (Å²) in [5.41, 5.74) is -0.469. The lowest BCUT2D eigenvalue weighted by Crippen LogP contribution is -2.27. The summed E-state index contributed by atoms with van der Waals surface area (Å²) in [5, 5.41) is -0.593. The molecule has 1 heterocycles. The number of rotatable bonds is 4. The first-order valence-corrected chi connectivity index (χ1v) is 6.86. The molecule has 0 N–H and O–H groups in total. The Morgan fingerprint density at radius 3 is 2.69 bits per heavy atom. The Labute approximate surface area is 99.0 Å². The lowest BCUT2D eigenvalue weighted by atomic mass is 10.6. The molecule has 0 spiro atoms. The second-order valence-corrected chi connectivity index (χ2v) is 6.67. The maximum Gasteiger partial charge on any atom is 0.288 e. The lowest BCUT2D eigenvalue weighted by Gasteiger charge is -2.08. The van der Waals surface area contributed by atoms with E-state index in [-0.39, 0.29) is 17.5 Å². The van der Waals surface area contributed by atoms with Crippen LogP contribution in [-0.4, -0.2) is 29.0 Å². The summed E-state index contributed by atoms with van der Waals surface area (Å²) in [6.07, 6.45) is 2.79. The number of nitrogens with zero attached hydrogens (tertiary/aromatic N) is 2. The molecule has 0 atom stereocenters. The van der Waals surface area contributed by atoms with Crippen LogP contribution < -0.4 is 5.56 Å². The van der Waals surface area contributed by atoms with Gasteiger partial charge >= 0.3 is 0 Å². The molecule has 0 aliphatic rings. The predicted molar refractivity (Wildman–Crippen MR) is 62.4 cm³/mol. The highest BCUT2D eigenvalue weighted by molar-refractivity contribution is 7.91. The van der Waals surface area contributed by atoms with Crippen LogP contribution in [0.2, 0.25) is 5.15 Å². The molecule has 0 aromatic carbocycles. The number of hydrogen-bond donors (Lipinski definition) is 0. The Balaban J connectivity index is 2.85. The molecule has 16 heavy (non-hydrogen) atoms. The van der Waals surface area contributed by atoms with Gasteiger partial charge in [0.1, 0.15) is 0 Å². The van der Waals surface area contributed by atoms with Gasteiger partial charge in [0.05, 0.1) is 11.0 Å². The molecule has 0 fully saturated rings. The largest absolute Gasteiger partial charge is 0.310 e. The van der Waals surface area contributed by atoms with Crippen LogP contribution in [0.1, 0.15) is 13.8 Å². The summed E-state index contributed by atoms with van der Waals surface area (Å²) in [5.74, 6) is -0.0785. The standard InChI is InChI=1S/C9H13ClN2O3S/c1-7(2)16(14,15)6-5-12-4-3-11-8(10)9(12)13/h3-4,7H,5-6H2,1-2H3. The van der Waals surface area contributed by atoms with Crippen LogP contribution in [0.25, 0.3) is 0 Å². The number of hydrogen-bond acceptors (Lipinski definition) is 4. The van der Waals surface area contributed by atoms with Crippen molar-refractivity contribution in [2.24, 2.45) is 0 Å². The van der Waals surface area contributed by atoms with Crippen molar-refractivity contribution in [1.29, 1.82) is 0 Å². The van der Waals surface area contributed by atoms with Crippen molar-refractivity contribution < 1.29 is 8.42 Å². The maximum atomic E-state index is 11.5. The van der Waals surface area contributed by atoms with Crippen LogP contribution in [0.3, 0.4) is 0 Å². The molecule has 0 bridgehead atoms. The molecule has 0 saturated heterocycles. The minimum Gasteiger partial charge on any atom is -0.310 e. The smallest absolute Gasteiger partial charge is 0.288 e. The van der Waals surface area contributed by atoms with Crippen LogP contribution in [0.15, 0.2) is 17.2 Å². The fourth-order valence-corrected chi connectivity index (χ4v) is 2.15. The van der Waals surface area contributed by atoms with Crippen LogP contribution in [-0.2, 0) is 16.4 Å². The average Bonchev–Trinajstić information content (AvgIpc) is 2.20. The molecular formula is C9H13ClN2O3S. The van der Waals surface area contributed by atoms with Crippen LogP contribution in [0, 0.1) is 0 Å². The van der Waals surface area contributed by atoms with Gasteiger partial charge < -0.3 is 4.57 Å². The molecule has 0 aliphatic heterocycles. The van der Waals surface area contributed by atoms with Crippen LogP contribution in [0.5, 0.6) is 0 Å². The van der Waals surface area contributed by atoms with E-state index < -0.39 is 20.6 Å². The van der Waals surface area contributed by atoms with Crippen LogP contribution in [0.4, 0.5) is 0 Å². The van der Waals surface area contributed by atoms with Crippen LogP contribution >= 0.6 is 11.6 Å². The number of aryl methyl sites for hydroxylation is 1. The van der Waals surface area contributed by atoms with E-state index in [0.29, 0.717) is 0 Å². The lowest BCUT2D eigenvalue weighted by molar-refractivity contribution is 0.578. The summed E-state index contributed by atoms with van der Waals surface area (Å²) < 4.78 is 24.3. The van der Waals surface area contributed by atoms with E-state index in [0.717, 1.165) is 0 Å². The second-order valence-electron chi connectivity index (χ2n) is 3.63. The monoisotopic (exact) mass is 264 g/mol. The van der Waals surface area contributed by atoms with Gasteiger partial charge in [0.15, 0.2) is 15.0 Å². The highest BCUT2D eigenvalue weighted by atomic mass is 35.5. The van der Waals surface area contributed by atoms with Crippen molar-refractivity contribution in [3.05, 3.63) is 27.9 Å². The fourth-order valence-electron chi connectivity index (χ4n) is 1.06. The fraction of sp³-hybridized carbons (Fsp3) is 0.556. The first-order chi connectivity index (χ1) is 7.34. The van der Waals surface area contributed by atoms with Gasteiger partial charge in [-0.1, -0.05) is 11.6 Å². The molecule has 1 aromatic rings. The molecule has 0 unspecified atom stereocenters. The summed E-state index contributed by atoms with van der Waals surface area (Å²) in [6.45, 7) is 3.32. The van der Waals surface area contributed by atoms with Crippen molar-refractivity contribution in [2.45, 2.75) is 25.6 Å². The van der Waals surface area contributed by atoms with E-state index in [1.54, 1.807) is 13.8 Å². The molecule has 1 rings (SSSR count). The highest BCUT2D eigenvalue weighted by Gasteiger charge is 2.16. The third-order valence-corrected chi connectivity index (χ3v) is 4.65. The summed E-state index contributed by atoms with van der Waals surface area (Å²) in [4.78, 5) is 15.0. The van der Waals surface area contributed by atoms with E-state index >= 15 is 0 Å². The molecule has 1 aromatic heterocycles. The summed E-state index contributed by atoms with van der Waals surface area (Å²) in [6, 6.07) is 0. The van der Waals surface area contributed by atoms with Gasteiger partial charge in [0.25, 0.3) is 5.56 Å². The van der Waals surface area contributed by atoms with E-state index in [4.69, 9.17) is 11.6 Å². The number of sulfone groups is 1. The van der Waals surface area contributed by atoms with Crippen molar-refractivity contribution >= 4 is 21.4 Å². The quantitative estimate of drug-likeness (QED) is 0.804. The van der Waals surface area contributed by atoms with Gasteiger partial charge in [-0.2, -0.15) is 0 Å². The number of halogens is 1. The molecule has 0 radical (unpaired) electrons. The predicted octanol–water partition coefficient (Wildman–Crippen LogP) is 0.720. The van der Waals surface area contributed by atoms with Gasteiger partial charge in [0.2, 0.25) is 0 Å². The minimum absolute atomic E-state index is 0.0785. The van der Waals surface area contributed by atoms with Gasteiger partial charge in [-0.25, -0.2) is 13.4 Å². The number of aromatic nitrogens is 2. The Bertz CT molecular complexity index is 522. The Morgan fingerprint density at radius 2 is 2.12 bits per heavy atom. The van der Waals surface area contributed by atoms with Crippen molar-refractivity contribution in [3.8, 4) is 0 Å². The minimum atomic E-state index is -3.15. The summed E-state index contributed by atoms with van der Waals surface area (Å²) >= 11 is 5.53. The zero-order chi connectivity index (χ0) is 12.3. The van der Waals surface area contributed by atoms with Crippen molar-refractivity contribution in [3.63, 3.8) is 0 Å². The van der Waals surface area contributed by atoms with Crippen molar-refractivity contribution in [2.75, 3.05) is 5.75 Å². The molecule has 0 aliphatic carbocycles.